The minimum Gasteiger partial charge on any atom is -0.748 e. The van der Waals surface area contributed by atoms with Gasteiger partial charge < -0.3 is 9.29 Å². The van der Waals surface area contributed by atoms with Crippen LogP contribution in [0, 0.1) is 0 Å². The number of ether oxygens (including phenoxy) is 1. The van der Waals surface area contributed by atoms with Gasteiger partial charge in [0, 0.05) is 34.6 Å². The smallest absolute Gasteiger partial charge is 0.262 e. The molecule has 2 heterocycles. The molecule has 0 aliphatic carbocycles. The van der Waals surface area contributed by atoms with Gasteiger partial charge in [0.25, 0.3) is 5.01 Å². The lowest BCUT2D eigenvalue weighted by Gasteiger charge is -2.05. The Hall–Kier alpha value is -1.91. The molecule has 2 aromatic heterocycles. The highest BCUT2D eigenvalue weighted by atomic mass is 32.2. The molecule has 0 saturated carbocycles. The molecule has 0 amide bonds. The van der Waals surface area contributed by atoms with Gasteiger partial charge in [-0.2, -0.15) is 4.57 Å². The normalized spacial score (nSPS) is 12.4. The molecule has 0 unspecified atom stereocenters. The number of methoxy groups -OCH3 is 1. The Morgan fingerprint density at radius 2 is 1.97 bits per heavy atom. The van der Waals surface area contributed by atoms with Crippen molar-refractivity contribution in [1.29, 1.82) is 0 Å². The van der Waals surface area contributed by atoms with Crippen LogP contribution in [-0.4, -0.2) is 32.1 Å². The lowest BCUT2D eigenvalue weighted by Crippen LogP contribution is -2.36. The molecular formula is C22H21NO4S4. The van der Waals surface area contributed by atoms with Crippen LogP contribution in [0.2, 0.25) is 0 Å². The first-order valence-electron chi connectivity index (χ1n) is 9.56. The Balaban J connectivity index is 1.80. The van der Waals surface area contributed by atoms with Crippen molar-refractivity contribution in [2.45, 2.75) is 17.9 Å². The van der Waals surface area contributed by atoms with Crippen molar-refractivity contribution in [3.63, 3.8) is 0 Å². The van der Waals surface area contributed by atoms with E-state index in [1.807, 2.05) is 23.8 Å². The summed E-state index contributed by atoms with van der Waals surface area (Å²) in [6.07, 6.45) is 6.42. The molecule has 4 aromatic rings. The zero-order valence-corrected chi connectivity index (χ0v) is 20.3. The van der Waals surface area contributed by atoms with Gasteiger partial charge in [-0.3, -0.25) is 0 Å². The molecule has 31 heavy (non-hydrogen) atoms. The number of hydrogen-bond acceptors (Lipinski definition) is 7. The average Bonchev–Trinajstić information content (AvgIpc) is 3.36. The van der Waals surface area contributed by atoms with Crippen molar-refractivity contribution in [3.8, 4) is 5.75 Å². The number of rotatable bonds is 8. The number of aryl methyl sites for hydroxylation is 1. The van der Waals surface area contributed by atoms with Crippen LogP contribution in [0.3, 0.4) is 0 Å². The van der Waals surface area contributed by atoms with Gasteiger partial charge in [0.05, 0.1) is 17.2 Å². The van der Waals surface area contributed by atoms with E-state index in [-0.39, 0.29) is 12.2 Å². The van der Waals surface area contributed by atoms with E-state index >= 15 is 0 Å². The third kappa shape index (κ3) is 4.96. The fraction of sp³-hybridized carbons (Fsp3) is 0.227. The summed E-state index contributed by atoms with van der Waals surface area (Å²) in [5, 5.41) is 4.06. The van der Waals surface area contributed by atoms with Crippen LogP contribution in [0.5, 0.6) is 5.75 Å². The summed E-state index contributed by atoms with van der Waals surface area (Å²) in [5.74, 6) is 0.447. The molecule has 0 aliphatic rings. The molecule has 0 aliphatic heterocycles. The molecular weight excluding hydrogens is 471 g/mol. The van der Waals surface area contributed by atoms with Gasteiger partial charge in [-0.25, -0.2) is 8.42 Å². The van der Waals surface area contributed by atoms with Crippen molar-refractivity contribution < 1.29 is 22.3 Å². The van der Waals surface area contributed by atoms with E-state index in [4.69, 9.17) is 4.74 Å². The maximum Gasteiger partial charge on any atom is 0.262 e. The Bertz CT molecular complexity index is 1350. The SMILES string of the molecule is COc1cc2sc(/C=C/c3ccc(SC)cc3)[n+](CCCS(=O)(=O)[O-])c2c2sccc12. The number of benzene rings is 2. The second-order valence-electron chi connectivity index (χ2n) is 6.90. The predicted octanol–water partition coefficient (Wildman–Crippen LogP) is 5.24. The van der Waals surface area contributed by atoms with E-state index in [1.54, 1.807) is 41.5 Å². The number of nitrogens with zero attached hydrogens (tertiary/aromatic N) is 1. The summed E-state index contributed by atoms with van der Waals surface area (Å²) in [6.45, 7) is 0.450. The second kappa shape index (κ2) is 9.30. The fourth-order valence-electron chi connectivity index (χ4n) is 3.47. The molecule has 0 atom stereocenters. The number of thioether (sulfide) groups is 1. The average molecular weight is 492 g/mol. The molecule has 162 valence electrons. The van der Waals surface area contributed by atoms with E-state index in [2.05, 4.69) is 41.0 Å². The van der Waals surface area contributed by atoms with E-state index in [0.29, 0.717) is 6.54 Å². The van der Waals surface area contributed by atoms with Crippen molar-refractivity contribution in [1.82, 2.24) is 0 Å². The summed E-state index contributed by atoms with van der Waals surface area (Å²) in [6, 6.07) is 12.4. The van der Waals surface area contributed by atoms with Crippen LogP contribution in [0.1, 0.15) is 17.0 Å². The number of fused-ring (bicyclic) bond motifs is 3. The first kappa shape index (κ1) is 22.3. The molecule has 2 aromatic carbocycles. The van der Waals surface area contributed by atoms with Gasteiger partial charge in [-0.05, 0) is 41.5 Å². The summed E-state index contributed by atoms with van der Waals surface area (Å²) in [4.78, 5) is 1.21. The van der Waals surface area contributed by atoms with Crippen molar-refractivity contribution in [2.24, 2.45) is 0 Å². The van der Waals surface area contributed by atoms with E-state index < -0.39 is 10.1 Å². The van der Waals surface area contributed by atoms with Gasteiger partial charge in [-0.1, -0.05) is 23.5 Å². The van der Waals surface area contributed by atoms with Gasteiger partial charge in [0.1, 0.15) is 15.1 Å². The number of hydrogen-bond donors (Lipinski definition) is 0. The lowest BCUT2D eigenvalue weighted by molar-refractivity contribution is -0.667. The minimum absolute atomic E-state index is 0.268. The van der Waals surface area contributed by atoms with Crippen LogP contribution in [0.4, 0.5) is 0 Å². The minimum atomic E-state index is -4.25. The zero-order valence-electron chi connectivity index (χ0n) is 17.0. The molecule has 0 radical (unpaired) electrons. The standard InChI is InChI=1S/C22H21NO4S4/c1-27-18-14-19-21(22-17(18)10-12-29-22)23(11-3-13-31(24,25)26)20(30-19)9-6-15-4-7-16(28-2)8-5-15/h4-10,12,14H,3,11,13H2,1-2H3/b9-6+. The third-order valence-electron chi connectivity index (χ3n) is 4.92. The number of aromatic nitrogens is 1. The number of thiophene rings is 1. The first-order valence-corrected chi connectivity index (χ1v) is 14.1. The van der Waals surface area contributed by atoms with E-state index in [1.165, 1.54) is 4.90 Å². The molecule has 0 fully saturated rings. The monoisotopic (exact) mass is 491 g/mol. The molecule has 0 saturated heterocycles. The Morgan fingerprint density at radius 1 is 1.19 bits per heavy atom. The quantitative estimate of drug-likeness (QED) is 0.192. The largest absolute Gasteiger partial charge is 0.748 e. The maximum atomic E-state index is 11.1. The Kier molecular flexibility index (Phi) is 6.68. The summed E-state index contributed by atoms with van der Waals surface area (Å²) in [5.41, 5.74) is 2.14. The van der Waals surface area contributed by atoms with E-state index in [9.17, 15) is 13.0 Å². The molecule has 0 spiro atoms. The van der Waals surface area contributed by atoms with Gasteiger partial charge in [0.2, 0.25) is 5.52 Å². The third-order valence-corrected chi connectivity index (χ3v) is 8.47. The van der Waals surface area contributed by atoms with Crippen LogP contribution in [0.25, 0.3) is 32.5 Å². The molecule has 0 N–H and O–H groups in total. The lowest BCUT2D eigenvalue weighted by atomic mass is 10.2. The highest BCUT2D eigenvalue weighted by molar-refractivity contribution is 7.98. The molecule has 0 bridgehead atoms. The van der Waals surface area contributed by atoms with E-state index in [0.717, 1.165) is 36.6 Å². The van der Waals surface area contributed by atoms with Crippen LogP contribution >= 0.6 is 34.4 Å². The summed E-state index contributed by atoms with van der Waals surface area (Å²) < 4.78 is 43.3. The first-order chi connectivity index (χ1) is 14.9. The molecule has 9 heteroatoms. The highest BCUT2D eigenvalue weighted by Gasteiger charge is 2.24. The summed E-state index contributed by atoms with van der Waals surface area (Å²) in [7, 11) is -2.58. The molecule has 5 nitrogen and oxygen atoms in total. The van der Waals surface area contributed by atoms with Gasteiger partial charge in [-0.15, -0.1) is 23.1 Å². The molecule has 4 rings (SSSR count). The topological polar surface area (TPSA) is 70.3 Å². The van der Waals surface area contributed by atoms with Gasteiger partial charge >= 0.3 is 0 Å². The maximum absolute atomic E-state index is 11.1. The second-order valence-corrected chi connectivity index (χ2v) is 11.3. The predicted molar refractivity (Wildman–Crippen MR) is 130 cm³/mol. The van der Waals surface area contributed by atoms with Gasteiger partial charge in [0.15, 0.2) is 6.54 Å². The Labute approximate surface area is 193 Å². The van der Waals surface area contributed by atoms with Crippen LogP contribution < -0.4 is 9.30 Å². The van der Waals surface area contributed by atoms with Crippen molar-refractivity contribution in [2.75, 3.05) is 19.1 Å². The highest BCUT2D eigenvalue weighted by Crippen LogP contribution is 2.38. The van der Waals surface area contributed by atoms with Crippen molar-refractivity contribution in [3.05, 3.63) is 52.3 Å². The Morgan fingerprint density at radius 3 is 2.65 bits per heavy atom. The summed E-state index contributed by atoms with van der Waals surface area (Å²) >= 11 is 4.96. The fourth-order valence-corrected chi connectivity index (χ4v) is 6.52. The van der Waals surface area contributed by atoms with Crippen LogP contribution in [-0.2, 0) is 16.7 Å². The van der Waals surface area contributed by atoms with Crippen molar-refractivity contribution >= 4 is 77.0 Å². The number of thiazole rings is 1. The zero-order chi connectivity index (χ0) is 22.0. The van der Waals surface area contributed by atoms with Crippen LogP contribution in [0.15, 0.2) is 46.7 Å².